The highest BCUT2D eigenvalue weighted by Crippen LogP contribution is 2.68. The monoisotopic (exact) mass is 432 g/mol. The lowest BCUT2D eigenvalue weighted by molar-refractivity contribution is -0.173. The van der Waals surface area contributed by atoms with Gasteiger partial charge >= 0.3 is 5.97 Å². The SMILES string of the molecule is CC[C@H]1C(=O)C2C3CCC([C@H](C)CCC(=O)OC)[C@@]3(C)CCC2[C@@]2(C)CC[C@@H](O)C[C@@H]12. The van der Waals surface area contributed by atoms with Crippen molar-refractivity contribution in [3.05, 3.63) is 0 Å². The molecular formula is C27H44O4. The zero-order valence-electron chi connectivity index (χ0n) is 20.4. The average Bonchev–Trinajstić information content (AvgIpc) is 3.10. The Morgan fingerprint density at radius 2 is 1.77 bits per heavy atom. The minimum absolute atomic E-state index is 0.109. The fourth-order valence-corrected chi connectivity index (χ4v) is 9.26. The molecule has 31 heavy (non-hydrogen) atoms. The van der Waals surface area contributed by atoms with Crippen LogP contribution in [-0.4, -0.2) is 30.1 Å². The van der Waals surface area contributed by atoms with Crippen LogP contribution in [-0.2, 0) is 14.3 Å². The number of Topliss-reactive ketones (excluding diaryl/α,β-unsaturated/α-hetero) is 1. The summed E-state index contributed by atoms with van der Waals surface area (Å²) in [6, 6.07) is 0. The molecule has 4 fully saturated rings. The molecule has 176 valence electrons. The second-order valence-electron chi connectivity index (χ2n) is 12.0. The minimum Gasteiger partial charge on any atom is -0.469 e. The van der Waals surface area contributed by atoms with E-state index in [1.54, 1.807) is 0 Å². The molecule has 0 bridgehead atoms. The second-order valence-corrected chi connectivity index (χ2v) is 12.0. The lowest BCUT2D eigenvalue weighted by Crippen LogP contribution is -2.60. The van der Waals surface area contributed by atoms with Gasteiger partial charge in [-0.15, -0.1) is 0 Å². The van der Waals surface area contributed by atoms with Gasteiger partial charge in [0.25, 0.3) is 0 Å². The molecule has 4 nitrogen and oxygen atoms in total. The summed E-state index contributed by atoms with van der Waals surface area (Å²) in [4.78, 5) is 25.7. The Hall–Kier alpha value is -0.900. The van der Waals surface area contributed by atoms with E-state index in [9.17, 15) is 14.7 Å². The first-order valence-corrected chi connectivity index (χ1v) is 13.0. The molecule has 0 aliphatic heterocycles. The standard InChI is InChI=1S/C27H44O4/c1-6-18-22-15-17(28)11-13-27(22,4)21-12-14-26(3)19(16(2)7-10-23(29)31-5)8-9-20(26)24(21)25(18)30/h16-22,24,28H,6-15H2,1-5H3/t16-,17-,18-,19?,20?,21?,22+,24?,26-,27-/m1/s1. The van der Waals surface area contributed by atoms with Gasteiger partial charge in [0.2, 0.25) is 0 Å². The van der Waals surface area contributed by atoms with Crippen molar-refractivity contribution in [3.8, 4) is 0 Å². The highest BCUT2D eigenvalue weighted by atomic mass is 16.5. The van der Waals surface area contributed by atoms with Crippen LogP contribution in [0.25, 0.3) is 0 Å². The predicted molar refractivity (Wildman–Crippen MR) is 121 cm³/mol. The summed E-state index contributed by atoms with van der Waals surface area (Å²) in [5.41, 5.74) is 0.413. The topological polar surface area (TPSA) is 63.6 Å². The Labute approximate surface area is 188 Å². The molecule has 10 atom stereocenters. The van der Waals surface area contributed by atoms with Crippen molar-refractivity contribution in [1.82, 2.24) is 0 Å². The Balaban J connectivity index is 1.59. The number of fused-ring (bicyclic) bond motifs is 5. The summed E-state index contributed by atoms with van der Waals surface area (Å²) >= 11 is 0. The van der Waals surface area contributed by atoms with E-state index in [1.807, 2.05) is 0 Å². The van der Waals surface area contributed by atoms with Gasteiger partial charge in [0.1, 0.15) is 5.78 Å². The third-order valence-electron chi connectivity index (χ3n) is 10.9. The molecule has 4 saturated carbocycles. The molecule has 4 aliphatic carbocycles. The second kappa shape index (κ2) is 8.47. The van der Waals surface area contributed by atoms with Crippen LogP contribution in [0.2, 0.25) is 0 Å². The maximum absolute atomic E-state index is 14.0. The number of hydrogen-bond donors (Lipinski definition) is 1. The van der Waals surface area contributed by atoms with Crippen LogP contribution in [0.1, 0.15) is 91.9 Å². The highest BCUT2D eigenvalue weighted by molar-refractivity contribution is 5.86. The normalized spacial score (nSPS) is 47.8. The third kappa shape index (κ3) is 3.60. The number of methoxy groups -OCH3 is 1. The molecule has 0 spiro atoms. The molecular weight excluding hydrogens is 388 g/mol. The Morgan fingerprint density at radius 1 is 1.10 bits per heavy atom. The van der Waals surface area contributed by atoms with E-state index < -0.39 is 0 Å². The van der Waals surface area contributed by atoms with Crippen molar-refractivity contribution >= 4 is 11.8 Å². The van der Waals surface area contributed by atoms with Crippen molar-refractivity contribution in [3.63, 3.8) is 0 Å². The molecule has 0 heterocycles. The Kier molecular flexibility index (Phi) is 6.35. The highest BCUT2D eigenvalue weighted by Gasteiger charge is 2.65. The first kappa shape index (κ1) is 23.3. The van der Waals surface area contributed by atoms with E-state index in [0.29, 0.717) is 41.8 Å². The fourth-order valence-electron chi connectivity index (χ4n) is 9.26. The van der Waals surface area contributed by atoms with Gasteiger partial charge in [-0.2, -0.15) is 0 Å². The van der Waals surface area contributed by atoms with E-state index in [1.165, 1.54) is 20.0 Å². The van der Waals surface area contributed by atoms with Gasteiger partial charge in [-0.25, -0.2) is 0 Å². The van der Waals surface area contributed by atoms with Crippen LogP contribution < -0.4 is 0 Å². The van der Waals surface area contributed by atoms with E-state index in [-0.39, 0.29) is 34.7 Å². The molecule has 0 saturated heterocycles. The summed E-state index contributed by atoms with van der Waals surface area (Å²) in [6.45, 7) is 9.42. The van der Waals surface area contributed by atoms with E-state index in [0.717, 1.165) is 44.9 Å². The van der Waals surface area contributed by atoms with Crippen LogP contribution in [0, 0.1) is 52.3 Å². The van der Waals surface area contributed by atoms with Gasteiger partial charge in [0, 0.05) is 18.3 Å². The number of esters is 1. The van der Waals surface area contributed by atoms with Crippen molar-refractivity contribution in [2.24, 2.45) is 52.3 Å². The lowest BCUT2D eigenvalue weighted by atomic mass is 9.42. The van der Waals surface area contributed by atoms with Gasteiger partial charge in [-0.05, 0) is 98.2 Å². The fraction of sp³-hybridized carbons (Fsp3) is 0.926. The van der Waals surface area contributed by atoms with Gasteiger partial charge in [0.05, 0.1) is 13.2 Å². The van der Waals surface area contributed by atoms with Gasteiger partial charge in [-0.1, -0.05) is 27.7 Å². The summed E-state index contributed by atoms with van der Waals surface area (Å²) < 4.78 is 4.87. The molecule has 4 aliphatic rings. The molecule has 0 amide bonds. The van der Waals surface area contributed by atoms with Crippen molar-refractivity contribution in [2.45, 2.75) is 98.0 Å². The molecule has 0 radical (unpaired) electrons. The summed E-state index contributed by atoms with van der Waals surface area (Å²) in [7, 11) is 1.47. The van der Waals surface area contributed by atoms with Crippen LogP contribution in [0.5, 0.6) is 0 Å². The van der Waals surface area contributed by atoms with Crippen LogP contribution in [0.15, 0.2) is 0 Å². The smallest absolute Gasteiger partial charge is 0.305 e. The van der Waals surface area contributed by atoms with E-state index in [2.05, 4.69) is 27.7 Å². The first-order valence-electron chi connectivity index (χ1n) is 13.0. The molecule has 1 N–H and O–H groups in total. The zero-order chi connectivity index (χ0) is 22.6. The van der Waals surface area contributed by atoms with E-state index >= 15 is 0 Å². The van der Waals surface area contributed by atoms with Crippen molar-refractivity contribution in [1.29, 1.82) is 0 Å². The molecule has 4 heteroatoms. The maximum atomic E-state index is 14.0. The summed E-state index contributed by atoms with van der Waals surface area (Å²) in [6.07, 6.45) is 9.59. The molecule has 0 aromatic carbocycles. The average molecular weight is 433 g/mol. The molecule has 0 aromatic heterocycles. The number of aliphatic hydroxyl groups excluding tert-OH is 1. The molecule has 4 unspecified atom stereocenters. The van der Waals surface area contributed by atoms with E-state index in [4.69, 9.17) is 4.74 Å². The summed E-state index contributed by atoms with van der Waals surface area (Å²) in [5, 5.41) is 10.4. The molecule has 4 rings (SSSR count). The predicted octanol–water partition coefficient (Wildman–Crippen LogP) is 5.41. The van der Waals surface area contributed by atoms with Gasteiger partial charge in [0.15, 0.2) is 0 Å². The van der Waals surface area contributed by atoms with Gasteiger partial charge < -0.3 is 9.84 Å². The largest absolute Gasteiger partial charge is 0.469 e. The van der Waals surface area contributed by atoms with Crippen LogP contribution in [0.4, 0.5) is 0 Å². The number of carbonyl (C=O) groups is 2. The summed E-state index contributed by atoms with van der Waals surface area (Å²) in [5.74, 6) is 3.16. The number of ketones is 1. The number of ether oxygens (including phenoxy) is 1. The number of aliphatic hydroxyl groups is 1. The molecule has 0 aromatic rings. The first-order chi connectivity index (χ1) is 14.7. The Morgan fingerprint density at radius 3 is 2.45 bits per heavy atom. The minimum atomic E-state index is -0.225. The number of rotatable bonds is 5. The Bertz CT molecular complexity index is 703. The van der Waals surface area contributed by atoms with Gasteiger partial charge in [-0.3, -0.25) is 9.59 Å². The number of carbonyl (C=O) groups excluding carboxylic acids is 2. The quantitative estimate of drug-likeness (QED) is 0.590. The number of hydrogen-bond acceptors (Lipinski definition) is 4. The van der Waals surface area contributed by atoms with Crippen molar-refractivity contribution in [2.75, 3.05) is 7.11 Å². The van der Waals surface area contributed by atoms with Crippen molar-refractivity contribution < 1.29 is 19.4 Å². The lowest BCUT2D eigenvalue weighted by Gasteiger charge is -2.62. The third-order valence-corrected chi connectivity index (χ3v) is 10.9. The van der Waals surface area contributed by atoms with Crippen LogP contribution >= 0.6 is 0 Å². The zero-order valence-corrected chi connectivity index (χ0v) is 20.4. The van der Waals surface area contributed by atoms with Crippen LogP contribution in [0.3, 0.4) is 0 Å². The maximum Gasteiger partial charge on any atom is 0.305 e.